The van der Waals surface area contributed by atoms with Crippen molar-refractivity contribution in [3.8, 4) is 0 Å². The molecule has 4 heteroatoms. The third-order valence-corrected chi connectivity index (χ3v) is 3.24. The van der Waals surface area contributed by atoms with Gasteiger partial charge in [-0.15, -0.1) is 0 Å². The maximum Gasteiger partial charge on any atom is 0.224 e. The molecule has 0 aromatic heterocycles. The van der Waals surface area contributed by atoms with Crippen LogP contribution in [0.5, 0.6) is 0 Å². The summed E-state index contributed by atoms with van der Waals surface area (Å²) in [5.74, 6) is 0.493. The van der Waals surface area contributed by atoms with Gasteiger partial charge in [-0.05, 0) is 57.0 Å². The molecule has 0 aliphatic heterocycles. The van der Waals surface area contributed by atoms with E-state index in [1.54, 1.807) is 0 Å². The summed E-state index contributed by atoms with van der Waals surface area (Å²) in [4.78, 5) is 22.3. The molecule has 1 rings (SSSR count). The molecule has 0 saturated carbocycles. The van der Waals surface area contributed by atoms with Crippen molar-refractivity contribution in [2.24, 2.45) is 5.92 Å². The lowest BCUT2D eigenvalue weighted by Crippen LogP contribution is -2.14. The number of hydrogen-bond donors (Lipinski definition) is 0. The second-order valence-electron chi connectivity index (χ2n) is 3.35. The fraction of sp³-hybridized carbons (Fsp3) is 0.556. The van der Waals surface area contributed by atoms with Crippen molar-refractivity contribution < 1.29 is 9.59 Å². The Bertz CT molecular complexity index is 281. The Kier molecular flexibility index (Phi) is 3.86. The first kappa shape index (κ1) is 11.1. The molecule has 1 unspecified atom stereocenters. The molecule has 2 nitrogen and oxygen atoms in total. The van der Waals surface area contributed by atoms with Gasteiger partial charge in [0, 0.05) is 11.1 Å². The van der Waals surface area contributed by atoms with Crippen molar-refractivity contribution in [2.45, 2.75) is 26.2 Å². The highest BCUT2D eigenvalue weighted by molar-refractivity contribution is 9.18. The summed E-state index contributed by atoms with van der Waals surface area (Å²) < 4.78 is -0.302. The molecule has 0 saturated heterocycles. The number of rotatable bonds is 2. The van der Waals surface area contributed by atoms with Crippen LogP contribution in [-0.4, -0.2) is 9.39 Å². The molecule has 0 N–H and O–H groups in total. The Balaban J connectivity index is 3.01. The predicted octanol–water partition coefficient (Wildman–Crippen LogP) is 2.95. The Morgan fingerprint density at radius 3 is 2.23 bits per heavy atom. The van der Waals surface area contributed by atoms with Crippen molar-refractivity contribution in [3.63, 3.8) is 0 Å². The molecule has 1 aliphatic rings. The predicted molar refractivity (Wildman–Crippen MR) is 57.9 cm³/mol. The molecule has 13 heavy (non-hydrogen) atoms. The summed E-state index contributed by atoms with van der Waals surface area (Å²) in [5, 5.41) is 0. The van der Waals surface area contributed by atoms with E-state index in [4.69, 9.17) is 0 Å². The second-order valence-corrected chi connectivity index (χ2v) is 4.79. The van der Waals surface area contributed by atoms with Gasteiger partial charge in [0.05, 0.1) is 0 Å². The second kappa shape index (κ2) is 4.51. The lowest BCUT2D eigenvalue weighted by atomic mass is 9.86. The zero-order valence-corrected chi connectivity index (χ0v) is 10.4. The maximum absolute atomic E-state index is 11.1. The van der Waals surface area contributed by atoms with Gasteiger partial charge >= 0.3 is 0 Å². The first-order valence-corrected chi connectivity index (χ1v) is 5.72. The van der Waals surface area contributed by atoms with Crippen LogP contribution >= 0.6 is 31.9 Å². The minimum atomic E-state index is -0.151. The standard InChI is InChI=1S/C9H10Br2O2/c1-5-2-3-6(8(10)12)7(4-5)9(11)13/h5H,2-4H2,1H3. The van der Waals surface area contributed by atoms with E-state index in [1.807, 2.05) is 0 Å². The molecule has 0 aromatic rings. The van der Waals surface area contributed by atoms with Crippen LogP contribution in [0.2, 0.25) is 0 Å². The normalized spacial score (nSPS) is 23.2. The summed E-state index contributed by atoms with van der Waals surface area (Å²) in [6.45, 7) is 2.09. The van der Waals surface area contributed by atoms with Gasteiger partial charge in [-0.1, -0.05) is 6.92 Å². The molecule has 0 aromatic carbocycles. The van der Waals surface area contributed by atoms with Crippen LogP contribution in [-0.2, 0) is 9.59 Å². The third kappa shape index (κ3) is 2.74. The average molecular weight is 310 g/mol. The topological polar surface area (TPSA) is 34.1 Å². The van der Waals surface area contributed by atoms with Crippen LogP contribution in [0.3, 0.4) is 0 Å². The summed E-state index contributed by atoms with van der Waals surface area (Å²) in [7, 11) is 0. The first-order chi connectivity index (χ1) is 6.02. The third-order valence-electron chi connectivity index (χ3n) is 2.28. The van der Waals surface area contributed by atoms with Crippen LogP contribution < -0.4 is 0 Å². The number of halogens is 2. The van der Waals surface area contributed by atoms with Crippen molar-refractivity contribution in [3.05, 3.63) is 11.1 Å². The van der Waals surface area contributed by atoms with Crippen molar-refractivity contribution in [1.29, 1.82) is 0 Å². The Morgan fingerprint density at radius 2 is 1.77 bits per heavy atom. The molecule has 72 valence electrons. The molecule has 0 bridgehead atoms. The van der Waals surface area contributed by atoms with Crippen LogP contribution in [0.1, 0.15) is 26.2 Å². The highest BCUT2D eigenvalue weighted by atomic mass is 79.9. The van der Waals surface area contributed by atoms with Crippen LogP contribution in [0.15, 0.2) is 11.1 Å². The lowest BCUT2D eigenvalue weighted by Gasteiger charge is -2.20. The molecule has 0 heterocycles. The molecule has 0 amide bonds. The SMILES string of the molecule is CC1CCC(C(=O)Br)=C(C(=O)Br)C1. The van der Waals surface area contributed by atoms with Crippen molar-refractivity contribution in [1.82, 2.24) is 0 Å². The lowest BCUT2D eigenvalue weighted by molar-refractivity contribution is -0.110. The fourth-order valence-corrected chi connectivity index (χ4v) is 2.37. The molecule has 0 radical (unpaired) electrons. The van der Waals surface area contributed by atoms with Gasteiger partial charge in [0.1, 0.15) is 0 Å². The zero-order chi connectivity index (χ0) is 10.0. The molecule has 1 atom stereocenters. The summed E-state index contributed by atoms with van der Waals surface area (Å²) in [5.41, 5.74) is 1.28. The van der Waals surface area contributed by atoms with Crippen LogP contribution in [0.25, 0.3) is 0 Å². The van der Waals surface area contributed by atoms with Gasteiger partial charge < -0.3 is 0 Å². The van der Waals surface area contributed by atoms with Gasteiger partial charge in [-0.2, -0.15) is 0 Å². The Labute approximate surface area is 94.0 Å². The number of hydrogen-bond acceptors (Lipinski definition) is 2. The van der Waals surface area contributed by atoms with Gasteiger partial charge in [0.2, 0.25) is 9.39 Å². The Hall–Kier alpha value is 0.0400. The summed E-state index contributed by atoms with van der Waals surface area (Å²) in [6, 6.07) is 0. The summed E-state index contributed by atoms with van der Waals surface area (Å²) in [6.07, 6.45) is 2.39. The zero-order valence-electron chi connectivity index (χ0n) is 7.27. The summed E-state index contributed by atoms with van der Waals surface area (Å²) >= 11 is 5.80. The smallest absolute Gasteiger partial charge is 0.224 e. The van der Waals surface area contributed by atoms with Gasteiger partial charge in [0.25, 0.3) is 0 Å². The van der Waals surface area contributed by atoms with E-state index in [2.05, 4.69) is 38.8 Å². The van der Waals surface area contributed by atoms with Gasteiger partial charge in [-0.25, -0.2) is 0 Å². The molecule has 0 fully saturated rings. The quantitative estimate of drug-likeness (QED) is 0.735. The average Bonchev–Trinajstić information content (AvgIpc) is 2.03. The van der Waals surface area contributed by atoms with Crippen molar-refractivity contribution >= 4 is 41.2 Å². The monoisotopic (exact) mass is 308 g/mol. The Morgan fingerprint density at radius 1 is 1.23 bits per heavy atom. The van der Waals surface area contributed by atoms with E-state index < -0.39 is 0 Å². The van der Waals surface area contributed by atoms with Gasteiger partial charge in [-0.3, -0.25) is 9.59 Å². The number of carbonyl (C=O) groups is 2. The van der Waals surface area contributed by atoms with E-state index >= 15 is 0 Å². The van der Waals surface area contributed by atoms with E-state index in [1.165, 1.54) is 0 Å². The van der Waals surface area contributed by atoms with Gasteiger partial charge in [0.15, 0.2) is 0 Å². The van der Waals surface area contributed by atoms with Crippen LogP contribution in [0.4, 0.5) is 0 Å². The minimum Gasteiger partial charge on any atom is -0.281 e. The number of allylic oxidation sites excluding steroid dienone is 2. The van der Waals surface area contributed by atoms with E-state index in [-0.39, 0.29) is 9.39 Å². The highest BCUT2D eigenvalue weighted by Gasteiger charge is 2.24. The molecule has 1 aliphatic carbocycles. The first-order valence-electron chi connectivity index (χ1n) is 4.14. The van der Waals surface area contributed by atoms with E-state index in [0.29, 0.717) is 29.9 Å². The molecular formula is C9H10Br2O2. The molecular weight excluding hydrogens is 300 g/mol. The minimum absolute atomic E-state index is 0.151. The number of carbonyl (C=O) groups excluding carboxylic acids is 2. The largest absolute Gasteiger partial charge is 0.281 e. The van der Waals surface area contributed by atoms with E-state index in [0.717, 1.165) is 6.42 Å². The molecule has 0 spiro atoms. The highest BCUT2D eigenvalue weighted by Crippen LogP contribution is 2.32. The fourth-order valence-electron chi connectivity index (χ4n) is 1.53. The maximum atomic E-state index is 11.1. The van der Waals surface area contributed by atoms with E-state index in [9.17, 15) is 9.59 Å². The van der Waals surface area contributed by atoms with Crippen LogP contribution in [0, 0.1) is 5.92 Å². The van der Waals surface area contributed by atoms with Crippen molar-refractivity contribution in [2.75, 3.05) is 0 Å².